The van der Waals surface area contributed by atoms with Crippen molar-refractivity contribution in [2.45, 2.75) is 26.2 Å². The maximum atomic E-state index is 12.1. The van der Waals surface area contributed by atoms with Gasteiger partial charge in [0.25, 0.3) is 5.91 Å². The van der Waals surface area contributed by atoms with Crippen LogP contribution in [0.2, 0.25) is 0 Å². The van der Waals surface area contributed by atoms with Crippen LogP contribution in [0, 0.1) is 17.2 Å². The number of nitrogens with zero attached hydrogens (tertiary/aromatic N) is 2. The molecule has 1 aromatic carbocycles. The lowest BCUT2D eigenvalue weighted by Crippen LogP contribution is -2.37. The summed E-state index contributed by atoms with van der Waals surface area (Å²) in [4.78, 5) is 14.0. The van der Waals surface area contributed by atoms with E-state index in [-0.39, 0.29) is 12.5 Å². The maximum absolute atomic E-state index is 12.1. The molecule has 1 aromatic rings. The molecular weight excluding hydrogens is 252 g/mol. The van der Waals surface area contributed by atoms with Crippen molar-refractivity contribution in [3.05, 3.63) is 29.8 Å². The number of hydrogen-bond donors (Lipinski definition) is 0. The summed E-state index contributed by atoms with van der Waals surface area (Å²) in [6.45, 7) is 3.81. The highest BCUT2D eigenvalue weighted by Crippen LogP contribution is 2.29. The minimum absolute atomic E-state index is 0.0445. The first-order valence-electron chi connectivity index (χ1n) is 7.13. The van der Waals surface area contributed by atoms with Crippen molar-refractivity contribution in [2.24, 2.45) is 5.92 Å². The molecule has 20 heavy (non-hydrogen) atoms. The van der Waals surface area contributed by atoms with E-state index in [1.54, 1.807) is 24.3 Å². The second-order valence-corrected chi connectivity index (χ2v) is 5.21. The first-order valence-corrected chi connectivity index (χ1v) is 7.13. The highest BCUT2D eigenvalue weighted by Gasteiger charge is 2.26. The number of amides is 1. The van der Waals surface area contributed by atoms with Gasteiger partial charge in [0.1, 0.15) is 5.75 Å². The van der Waals surface area contributed by atoms with Crippen LogP contribution in [0.4, 0.5) is 0 Å². The zero-order valence-electron chi connectivity index (χ0n) is 11.8. The van der Waals surface area contributed by atoms with Crippen molar-refractivity contribution >= 4 is 5.91 Å². The third kappa shape index (κ3) is 4.27. The highest BCUT2D eigenvalue weighted by molar-refractivity contribution is 5.77. The summed E-state index contributed by atoms with van der Waals surface area (Å²) in [5.41, 5.74) is 0.588. The molecule has 1 fully saturated rings. The van der Waals surface area contributed by atoms with Gasteiger partial charge >= 0.3 is 0 Å². The Balaban J connectivity index is 1.83. The minimum atomic E-state index is 0.0445. The lowest BCUT2D eigenvalue weighted by atomic mass is 10.2. The smallest absolute Gasteiger partial charge is 0.260 e. The normalized spacial score (nSPS) is 13.6. The van der Waals surface area contributed by atoms with E-state index < -0.39 is 0 Å². The van der Waals surface area contributed by atoms with Gasteiger partial charge in [0.15, 0.2) is 6.61 Å². The zero-order valence-corrected chi connectivity index (χ0v) is 11.8. The van der Waals surface area contributed by atoms with Gasteiger partial charge in [-0.2, -0.15) is 5.26 Å². The Morgan fingerprint density at radius 1 is 1.40 bits per heavy atom. The zero-order chi connectivity index (χ0) is 14.4. The number of benzene rings is 1. The van der Waals surface area contributed by atoms with Crippen molar-refractivity contribution in [1.82, 2.24) is 4.90 Å². The molecule has 4 nitrogen and oxygen atoms in total. The average molecular weight is 272 g/mol. The van der Waals surface area contributed by atoms with Gasteiger partial charge in [0.05, 0.1) is 11.6 Å². The van der Waals surface area contributed by atoms with Crippen LogP contribution in [0.3, 0.4) is 0 Å². The maximum Gasteiger partial charge on any atom is 0.260 e. The molecular formula is C16H20N2O2. The van der Waals surface area contributed by atoms with E-state index in [4.69, 9.17) is 10.00 Å². The Bertz CT molecular complexity index is 486. The van der Waals surface area contributed by atoms with Crippen LogP contribution in [0.5, 0.6) is 5.75 Å². The number of carbonyl (C=O) groups excluding carboxylic acids is 1. The van der Waals surface area contributed by atoms with Gasteiger partial charge < -0.3 is 9.64 Å². The third-order valence-electron chi connectivity index (χ3n) is 3.37. The minimum Gasteiger partial charge on any atom is -0.484 e. The largest absolute Gasteiger partial charge is 0.484 e. The van der Waals surface area contributed by atoms with Crippen LogP contribution in [0.15, 0.2) is 24.3 Å². The van der Waals surface area contributed by atoms with Crippen molar-refractivity contribution < 1.29 is 9.53 Å². The van der Waals surface area contributed by atoms with Gasteiger partial charge in [-0.05, 0) is 49.4 Å². The molecule has 0 heterocycles. The molecule has 0 saturated heterocycles. The van der Waals surface area contributed by atoms with Crippen LogP contribution in [0.1, 0.15) is 31.7 Å². The second-order valence-electron chi connectivity index (χ2n) is 5.21. The van der Waals surface area contributed by atoms with Gasteiger partial charge in [0.2, 0.25) is 0 Å². The second kappa shape index (κ2) is 6.95. The summed E-state index contributed by atoms with van der Waals surface area (Å²) in [7, 11) is 0. The Morgan fingerprint density at radius 2 is 2.10 bits per heavy atom. The quantitative estimate of drug-likeness (QED) is 0.766. The number of nitriles is 1. The molecule has 2 rings (SSSR count). The van der Waals surface area contributed by atoms with Gasteiger partial charge in [0, 0.05) is 13.1 Å². The van der Waals surface area contributed by atoms with Crippen LogP contribution >= 0.6 is 0 Å². The molecule has 0 aromatic heterocycles. The Morgan fingerprint density at radius 3 is 2.65 bits per heavy atom. The molecule has 0 unspecified atom stereocenters. The Kier molecular flexibility index (Phi) is 5.00. The van der Waals surface area contributed by atoms with E-state index in [0.29, 0.717) is 17.2 Å². The van der Waals surface area contributed by atoms with E-state index in [2.05, 4.69) is 13.0 Å². The number of carbonyl (C=O) groups is 1. The molecule has 106 valence electrons. The number of rotatable bonds is 7. The SMILES string of the molecule is CCCN(CC1CC1)C(=O)COc1ccc(C#N)cc1. The van der Waals surface area contributed by atoms with Crippen LogP contribution in [-0.2, 0) is 4.79 Å². The Labute approximate surface area is 120 Å². The first kappa shape index (κ1) is 14.4. The first-order chi connectivity index (χ1) is 9.72. The van der Waals surface area contributed by atoms with Crippen molar-refractivity contribution in [1.29, 1.82) is 5.26 Å². The molecule has 1 amide bonds. The topological polar surface area (TPSA) is 53.3 Å². The fourth-order valence-corrected chi connectivity index (χ4v) is 2.06. The molecule has 4 heteroatoms. The Hall–Kier alpha value is -2.02. The predicted octanol–water partition coefficient (Wildman–Crippen LogP) is 2.59. The van der Waals surface area contributed by atoms with Crippen LogP contribution in [0.25, 0.3) is 0 Å². The van der Waals surface area contributed by atoms with E-state index in [0.717, 1.165) is 19.5 Å². The lowest BCUT2D eigenvalue weighted by molar-refractivity contribution is -0.133. The van der Waals surface area contributed by atoms with Gasteiger partial charge in [-0.1, -0.05) is 6.92 Å². The summed E-state index contributed by atoms with van der Waals surface area (Å²) in [5.74, 6) is 1.36. The van der Waals surface area contributed by atoms with E-state index in [1.807, 2.05) is 4.90 Å². The monoisotopic (exact) mass is 272 g/mol. The fraction of sp³-hybridized carbons (Fsp3) is 0.500. The van der Waals surface area contributed by atoms with Gasteiger partial charge in [-0.3, -0.25) is 4.79 Å². The summed E-state index contributed by atoms with van der Waals surface area (Å²) in [6, 6.07) is 8.87. The van der Waals surface area contributed by atoms with E-state index in [9.17, 15) is 4.79 Å². The predicted molar refractivity (Wildman–Crippen MR) is 76.2 cm³/mol. The van der Waals surface area contributed by atoms with Gasteiger partial charge in [-0.25, -0.2) is 0 Å². The average Bonchev–Trinajstić information content (AvgIpc) is 3.29. The molecule has 0 atom stereocenters. The third-order valence-corrected chi connectivity index (χ3v) is 3.37. The number of hydrogen-bond acceptors (Lipinski definition) is 3. The lowest BCUT2D eigenvalue weighted by Gasteiger charge is -2.22. The van der Waals surface area contributed by atoms with Crippen LogP contribution < -0.4 is 4.74 Å². The molecule has 0 spiro atoms. The molecule has 0 bridgehead atoms. The van der Waals surface area contributed by atoms with Crippen molar-refractivity contribution in [2.75, 3.05) is 19.7 Å². The molecule has 0 aliphatic heterocycles. The molecule has 0 radical (unpaired) electrons. The fourth-order valence-electron chi connectivity index (χ4n) is 2.06. The highest BCUT2D eigenvalue weighted by atomic mass is 16.5. The summed E-state index contributed by atoms with van der Waals surface area (Å²) in [6.07, 6.45) is 3.45. The molecule has 0 N–H and O–H groups in total. The van der Waals surface area contributed by atoms with E-state index >= 15 is 0 Å². The van der Waals surface area contributed by atoms with Crippen molar-refractivity contribution in [3.63, 3.8) is 0 Å². The summed E-state index contributed by atoms with van der Waals surface area (Å²) < 4.78 is 5.50. The molecule has 1 aliphatic carbocycles. The number of ether oxygens (including phenoxy) is 1. The summed E-state index contributed by atoms with van der Waals surface area (Å²) >= 11 is 0. The molecule has 1 aliphatic rings. The summed E-state index contributed by atoms with van der Waals surface area (Å²) in [5, 5.41) is 8.72. The standard InChI is InChI=1S/C16H20N2O2/c1-2-9-18(11-14-3-4-14)16(19)12-20-15-7-5-13(10-17)6-8-15/h5-8,14H,2-4,9,11-12H2,1H3. The van der Waals surface area contributed by atoms with E-state index in [1.165, 1.54) is 12.8 Å². The van der Waals surface area contributed by atoms with Crippen molar-refractivity contribution in [3.8, 4) is 11.8 Å². The molecule has 1 saturated carbocycles. The van der Waals surface area contributed by atoms with Crippen LogP contribution in [-0.4, -0.2) is 30.5 Å². The van der Waals surface area contributed by atoms with Gasteiger partial charge in [-0.15, -0.1) is 0 Å².